The van der Waals surface area contributed by atoms with Crippen molar-refractivity contribution in [3.8, 4) is 0 Å². The highest BCUT2D eigenvalue weighted by atomic mass is 16.2. The van der Waals surface area contributed by atoms with Crippen LogP contribution in [0.2, 0.25) is 0 Å². The first-order valence-electron chi connectivity index (χ1n) is 7.39. The highest BCUT2D eigenvalue weighted by molar-refractivity contribution is 5.97. The van der Waals surface area contributed by atoms with E-state index in [1.54, 1.807) is 19.2 Å². The molecule has 1 aliphatic rings. The van der Waals surface area contributed by atoms with Gasteiger partial charge in [-0.2, -0.15) is 0 Å². The van der Waals surface area contributed by atoms with Gasteiger partial charge >= 0.3 is 0 Å². The fourth-order valence-electron chi connectivity index (χ4n) is 2.80. The largest absolute Gasteiger partial charge is 0.355 e. The quantitative estimate of drug-likeness (QED) is 0.790. The van der Waals surface area contributed by atoms with Crippen LogP contribution in [0.4, 0.5) is 5.69 Å². The number of carbonyl (C=O) groups excluding carboxylic acids is 2. The number of rotatable bonds is 4. The summed E-state index contributed by atoms with van der Waals surface area (Å²) in [6.07, 6.45) is 3.57. The molecule has 2 atom stereocenters. The van der Waals surface area contributed by atoms with Gasteiger partial charge in [0.05, 0.1) is 0 Å². The number of nitrogens with two attached hydrogens (primary N) is 1. The van der Waals surface area contributed by atoms with Gasteiger partial charge in [-0.05, 0) is 43.4 Å². The van der Waals surface area contributed by atoms with Gasteiger partial charge in [0.15, 0.2) is 0 Å². The first kappa shape index (κ1) is 15.5. The van der Waals surface area contributed by atoms with Crippen molar-refractivity contribution in [2.75, 3.05) is 12.4 Å². The van der Waals surface area contributed by atoms with E-state index in [0.29, 0.717) is 17.7 Å². The van der Waals surface area contributed by atoms with E-state index in [1.807, 2.05) is 13.0 Å². The van der Waals surface area contributed by atoms with E-state index in [-0.39, 0.29) is 23.8 Å². The van der Waals surface area contributed by atoms with Gasteiger partial charge in [0.2, 0.25) is 5.91 Å². The van der Waals surface area contributed by atoms with Crippen molar-refractivity contribution in [2.45, 2.75) is 38.6 Å². The highest BCUT2D eigenvalue weighted by Crippen LogP contribution is 2.27. The maximum Gasteiger partial charge on any atom is 0.251 e. The molecule has 0 saturated heterocycles. The Balaban J connectivity index is 2.04. The molecule has 5 heteroatoms. The van der Waals surface area contributed by atoms with E-state index in [4.69, 9.17) is 5.73 Å². The summed E-state index contributed by atoms with van der Waals surface area (Å²) in [6, 6.07) is 5.42. The van der Waals surface area contributed by atoms with Crippen LogP contribution >= 0.6 is 0 Å². The van der Waals surface area contributed by atoms with Crippen molar-refractivity contribution in [2.24, 2.45) is 11.7 Å². The van der Waals surface area contributed by atoms with Gasteiger partial charge in [-0.25, -0.2) is 0 Å². The predicted molar refractivity (Wildman–Crippen MR) is 83.1 cm³/mol. The van der Waals surface area contributed by atoms with Crippen LogP contribution in [-0.2, 0) is 4.79 Å². The molecule has 1 aliphatic carbocycles. The summed E-state index contributed by atoms with van der Waals surface area (Å²) in [5, 5.41) is 5.48. The van der Waals surface area contributed by atoms with E-state index < -0.39 is 0 Å². The summed E-state index contributed by atoms with van der Waals surface area (Å²) in [5.41, 5.74) is 8.16. The molecule has 5 nitrogen and oxygen atoms in total. The molecule has 2 amide bonds. The maximum atomic E-state index is 12.1. The number of anilines is 1. The Morgan fingerprint density at radius 2 is 2.10 bits per heavy atom. The molecule has 0 aromatic heterocycles. The summed E-state index contributed by atoms with van der Waals surface area (Å²) < 4.78 is 0. The molecule has 0 heterocycles. The number of benzene rings is 1. The third-order valence-corrected chi connectivity index (χ3v) is 4.17. The van der Waals surface area contributed by atoms with Gasteiger partial charge in [-0.3, -0.25) is 9.59 Å². The summed E-state index contributed by atoms with van der Waals surface area (Å²) in [4.78, 5) is 23.8. The summed E-state index contributed by atoms with van der Waals surface area (Å²) in [5.74, 6) is 0.0743. The zero-order valence-electron chi connectivity index (χ0n) is 12.6. The van der Waals surface area contributed by atoms with Crippen LogP contribution in [0.3, 0.4) is 0 Å². The van der Waals surface area contributed by atoms with E-state index in [0.717, 1.165) is 24.8 Å². The number of carbonyl (C=O) groups is 2. The van der Waals surface area contributed by atoms with Gasteiger partial charge in [0.1, 0.15) is 0 Å². The maximum absolute atomic E-state index is 12.1. The molecule has 114 valence electrons. The lowest BCUT2D eigenvalue weighted by Gasteiger charge is -2.16. The molecule has 21 heavy (non-hydrogen) atoms. The zero-order chi connectivity index (χ0) is 15.4. The first-order valence-corrected chi connectivity index (χ1v) is 7.39. The monoisotopic (exact) mass is 289 g/mol. The van der Waals surface area contributed by atoms with E-state index >= 15 is 0 Å². The van der Waals surface area contributed by atoms with Crippen LogP contribution in [0, 0.1) is 12.8 Å². The van der Waals surface area contributed by atoms with Gasteiger partial charge in [0, 0.05) is 30.8 Å². The van der Waals surface area contributed by atoms with Crippen molar-refractivity contribution in [1.29, 1.82) is 0 Å². The lowest BCUT2D eigenvalue weighted by atomic mass is 9.99. The molecule has 1 fully saturated rings. The predicted octanol–water partition coefficient (Wildman–Crippen LogP) is 1.81. The molecule has 1 aromatic rings. The minimum atomic E-state index is -0.164. The third kappa shape index (κ3) is 3.82. The summed E-state index contributed by atoms with van der Waals surface area (Å²) in [7, 11) is 1.59. The molecular weight excluding hydrogens is 266 g/mol. The van der Waals surface area contributed by atoms with Crippen molar-refractivity contribution >= 4 is 17.5 Å². The fourth-order valence-corrected chi connectivity index (χ4v) is 2.80. The van der Waals surface area contributed by atoms with E-state index in [1.165, 1.54) is 0 Å². The van der Waals surface area contributed by atoms with Crippen LogP contribution in [0.1, 0.15) is 41.6 Å². The SMILES string of the molecule is CNC(=O)c1ccc(C)c(NC(=O)C[C@@H]2CCC[C@H]2N)c1. The Kier molecular flexibility index (Phi) is 4.96. The normalized spacial score (nSPS) is 21.1. The van der Waals surface area contributed by atoms with Crippen molar-refractivity contribution < 1.29 is 9.59 Å². The molecule has 0 unspecified atom stereocenters. The van der Waals surface area contributed by atoms with Gasteiger partial charge in [0.25, 0.3) is 5.91 Å². The number of hydrogen-bond donors (Lipinski definition) is 3. The van der Waals surface area contributed by atoms with Gasteiger partial charge in [-0.15, -0.1) is 0 Å². The Morgan fingerprint density at radius 3 is 2.71 bits per heavy atom. The first-order chi connectivity index (χ1) is 10.0. The van der Waals surface area contributed by atoms with E-state index in [9.17, 15) is 9.59 Å². The molecule has 0 aliphatic heterocycles. The van der Waals surface area contributed by atoms with Crippen molar-refractivity contribution in [1.82, 2.24) is 5.32 Å². The topological polar surface area (TPSA) is 84.2 Å². The number of hydrogen-bond acceptors (Lipinski definition) is 3. The fraction of sp³-hybridized carbons (Fsp3) is 0.500. The van der Waals surface area contributed by atoms with Crippen LogP contribution in [0.15, 0.2) is 18.2 Å². The van der Waals surface area contributed by atoms with Crippen LogP contribution < -0.4 is 16.4 Å². The number of amides is 2. The Bertz CT molecular complexity index is 542. The molecule has 4 N–H and O–H groups in total. The van der Waals surface area contributed by atoms with Gasteiger partial charge in [-0.1, -0.05) is 12.5 Å². The van der Waals surface area contributed by atoms with Crippen LogP contribution in [0.5, 0.6) is 0 Å². The molecular formula is C16H23N3O2. The Morgan fingerprint density at radius 1 is 1.33 bits per heavy atom. The summed E-state index contributed by atoms with van der Waals surface area (Å²) >= 11 is 0. The second-order valence-electron chi connectivity index (χ2n) is 5.72. The zero-order valence-corrected chi connectivity index (χ0v) is 12.6. The number of nitrogens with one attached hydrogen (secondary N) is 2. The highest BCUT2D eigenvalue weighted by Gasteiger charge is 2.26. The van der Waals surface area contributed by atoms with Crippen LogP contribution in [0.25, 0.3) is 0 Å². The molecule has 2 rings (SSSR count). The van der Waals surface area contributed by atoms with Gasteiger partial charge < -0.3 is 16.4 Å². The molecule has 0 spiro atoms. The van der Waals surface area contributed by atoms with Crippen molar-refractivity contribution in [3.63, 3.8) is 0 Å². The summed E-state index contributed by atoms with van der Waals surface area (Å²) in [6.45, 7) is 1.91. The molecule has 1 saturated carbocycles. The lowest BCUT2D eigenvalue weighted by Crippen LogP contribution is -2.28. The smallest absolute Gasteiger partial charge is 0.251 e. The Hall–Kier alpha value is -1.88. The molecule has 1 aromatic carbocycles. The van der Waals surface area contributed by atoms with Crippen LogP contribution in [-0.4, -0.2) is 24.9 Å². The van der Waals surface area contributed by atoms with E-state index in [2.05, 4.69) is 10.6 Å². The minimum absolute atomic E-state index is 0.0329. The molecule has 0 bridgehead atoms. The Labute approximate surface area is 125 Å². The number of aryl methyl sites for hydroxylation is 1. The molecule has 0 radical (unpaired) electrons. The minimum Gasteiger partial charge on any atom is -0.355 e. The average molecular weight is 289 g/mol. The lowest BCUT2D eigenvalue weighted by molar-refractivity contribution is -0.117. The second-order valence-corrected chi connectivity index (χ2v) is 5.72. The average Bonchev–Trinajstić information content (AvgIpc) is 2.85. The second kappa shape index (κ2) is 6.72. The van der Waals surface area contributed by atoms with Crippen molar-refractivity contribution in [3.05, 3.63) is 29.3 Å². The third-order valence-electron chi connectivity index (χ3n) is 4.17. The standard InChI is InChI=1S/C16H23N3O2/c1-10-6-7-12(16(21)18-2)8-14(10)19-15(20)9-11-4-3-5-13(11)17/h6-8,11,13H,3-5,9,17H2,1-2H3,(H,18,21)(H,19,20)/t11-,13+/m0/s1.